The number of hydrogen-bond donors (Lipinski definition) is 3. The SMILES string of the molecule is CN1CCC(NC(=O)c2cc(N)c[nH]2)CC1. The van der Waals surface area contributed by atoms with Crippen LogP contribution in [0.3, 0.4) is 0 Å². The summed E-state index contributed by atoms with van der Waals surface area (Å²) in [5.41, 5.74) is 6.68. The van der Waals surface area contributed by atoms with Gasteiger partial charge in [0, 0.05) is 17.9 Å². The van der Waals surface area contributed by atoms with Gasteiger partial charge in [-0.05, 0) is 39.0 Å². The Kier molecular flexibility index (Phi) is 3.14. The normalized spacial score (nSPS) is 18.6. The minimum absolute atomic E-state index is 0.0637. The number of carbonyl (C=O) groups excluding carboxylic acids is 1. The number of H-pyrrole nitrogens is 1. The number of piperidine rings is 1. The van der Waals surface area contributed by atoms with Crippen LogP contribution in [-0.4, -0.2) is 42.0 Å². The molecule has 1 saturated heterocycles. The van der Waals surface area contributed by atoms with E-state index in [0.717, 1.165) is 25.9 Å². The van der Waals surface area contributed by atoms with Crippen LogP contribution in [0.15, 0.2) is 12.3 Å². The van der Waals surface area contributed by atoms with E-state index in [1.807, 2.05) is 0 Å². The maximum atomic E-state index is 11.8. The second kappa shape index (κ2) is 4.57. The monoisotopic (exact) mass is 222 g/mol. The zero-order valence-electron chi connectivity index (χ0n) is 9.49. The van der Waals surface area contributed by atoms with Crippen LogP contribution in [0.1, 0.15) is 23.3 Å². The molecule has 16 heavy (non-hydrogen) atoms. The molecule has 0 atom stereocenters. The summed E-state index contributed by atoms with van der Waals surface area (Å²) in [6, 6.07) is 1.94. The van der Waals surface area contributed by atoms with Crippen molar-refractivity contribution in [3.63, 3.8) is 0 Å². The molecule has 0 aliphatic carbocycles. The molecule has 2 rings (SSSR count). The first kappa shape index (κ1) is 11.0. The van der Waals surface area contributed by atoms with Crippen LogP contribution in [0.2, 0.25) is 0 Å². The van der Waals surface area contributed by atoms with E-state index in [1.165, 1.54) is 0 Å². The largest absolute Gasteiger partial charge is 0.397 e. The Bertz CT molecular complexity index is 366. The van der Waals surface area contributed by atoms with Crippen molar-refractivity contribution in [1.29, 1.82) is 0 Å². The summed E-state index contributed by atoms with van der Waals surface area (Å²) in [5.74, 6) is -0.0637. The second-order valence-corrected chi connectivity index (χ2v) is 4.40. The Morgan fingerprint density at radius 2 is 2.25 bits per heavy atom. The maximum absolute atomic E-state index is 11.8. The van der Waals surface area contributed by atoms with Crippen molar-refractivity contribution in [3.05, 3.63) is 18.0 Å². The van der Waals surface area contributed by atoms with Crippen molar-refractivity contribution in [3.8, 4) is 0 Å². The molecule has 0 radical (unpaired) electrons. The number of nitrogen functional groups attached to an aromatic ring is 1. The van der Waals surface area contributed by atoms with Crippen LogP contribution >= 0.6 is 0 Å². The summed E-state index contributed by atoms with van der Waals surface area (Å²) in [6.45, 7) is 2.08. The van der Waals surface area contributed by atoms with Crippen molar-refractivity contribution in [1.82, 2.24) is 15.2 Å². The highest BCUT2D eigenvalue weighted by Gasteiger charge is 2.19. The molecule has 0 saturated carbocycles. The summed E-state index contributed by atoms with van der Waals surface area (Å²) >= 11 is 0. The molecule has 1 amide bonds. The number of amides is 1. The number of hydrogen-bond acceptors (Lipinski definition) is 3. The molecule has 0 unspecified atom stereocenters. The molecule has 0 aromatic carbocycles. The van der Waals surface area contributed by atoms with Crippen LogP contribution in [-0.2, 0) is 0 Å². The molecule has 1 aliphatic heterocycles. The van der Waals surface area contributed by atoms with Gasteiger partial charge in [0.15, 0.2) is 0 Å². The predicted molar refractivity (Wildman–Crippen MR) is 63.2 cm³/mol. The number of nitrogens with one attached hydrogen (secondary N) is 2. The maximum Gasteiger partial charge on any atom is 0.267 e. The van der Waals surface area contributed by atoms with Crippen LogP contribution < -0.4 is 11.1 Å². The van der Waals surface area contributed by atoms with E-state index in [4.69, 9.17) is 5.73 Å². The molecule has 88 valence electrons. The molecule has 1 aromatic heterocycles. The van der Waals surface area contributed by atoms with Gasteiger partial charge in [-0.3, -0.25) is 4.79 Å². The van der Waals surface area contributed by atoms with Crippen LogP contribution in [0.25, 0.3) is 0 Å². The number of nitrogens with two attached hydrogens (primary N) is 1. The minimum Gasteiger partial charge on any atom is -0.397 e. The first-order chi connectivity index (χ1) is 7.65. The van der Waals surface area contributed by atoms with Crippen molar-refractivity contribution < 1.29 is 4.79 Å². The van der Waals surface area contributed by atoms with E-state index < -0.39 is 0 Å². The van der Waals surface area contributed by atoms with Crippen molar-refractivity contribution in [2.24, 2.45) is 0 Å². The lowest BCUT2D eigenvalue weighted by Crippen LogP contribution is -2.43. The molecular weight excluding hydrogens is 204 g/mol. The lowest BCUT2D eigenvalue weighted by Gasteiger charge is -2.29. The van der Waals surface area contributed by atoms with Gasteiger partial charge in [-0.15, -0.1) is 0 Å². The Morgan fingerprint density at radius 3 is 2.81 bits per heavy atom. The number of anilines is 1. The standard InChI is InChI=1S/C11H18N4O/c1-15-4-2-9(3-5-15)14-11(16)10-6-8(12)7-13-10/h6-7,9,13H,2-5,12H2,1H3,(H,14,16). The number of aromatic nitrogens is 1. The molecule has 5 heteroatoms. The van der Waals surface area contributed by atoms with Gasteiger partial charge >= 0.3 is 0 Å². The van der Waals surface area contributed by atoms with E-state index >= 15 is 0 Å². The number of carbonyl (C=O) groups is 1. The van der Waals surface area contributed by atoms with Gasteiger partial charge < -0.3 is 20.9 Å². The van der Waals surface area contributed by atoms with E-state index in [0.29, 0.717) is 11.4 Å². The highest BCUT2D eigenvalue weighted by Crippen LogP contribution is 2.10. The van der Waals surface area contributed by atoms with E-state index in [9.17, 15) is 4.79 Å². The minimum atomic E-state index is -0.0637. The molecule has 1 fully saturated rings. The van der Waals surface area contributed by atoms with Crippen LogP contribution in [0, 0.1) is 0 Å². The first-order valence-electron chi connectivity index (χ1n) is 5.58. The average Bonchev–Trinajstić information content (AvgIpc) is 2.68. The second-order valence-electron chi connectivity index (χ2n) is 4.40. The Labute approximate surface area is 95.0 Å². The van der Waals surface area contributed by atoms with E-state index in [2.05, 4.69) is 22.2 Å². The van der Waals surface area contributed by atoms with Crippen LogP contribution in [0.4, 0.5) is 5.69 Å². The molecule has 1 aliphatic rings. The quantitative estimate of drug-likeness (QED) is 0.679. The molecule has 1 aromatic rings. The first-order valence-corrected chi connectivity index (χ1v) is 5.58. The molecule has 4 N–H and O–H groups in total. The number of likely N-dealkylation sites (tertiary alicyclic amines) is 1. The molecule has 0 spiro atoms. The average molecular weight is 222 g/mol. The van der Waals surface area contributed by atoms with Crippen molar-refractivity contribution in [2.75, 3.05) is 25.9 Å². The third kappa shape index (κ3) is 2.55. The molecule has 5 nitrogen and oxygen atoms in total. The lowest BCUT2D eigenvalue weighted by atomic mass is 10.1. The Hall–Kier alpha value is -1.49. The third-order valence-electron chi connectivity index (χ3n) is 3.00. The van der Waals surface area contributed by atoms with Crippen molar-refractivity contribution >= 4 is 11.6 Å². The highest BCUT2D eigenvalue weighted by molar-refractivity contribution is 5.93. The summed E-state index contributed by atoms with van der Waals surface area (Å²) in [5, 5.41) is 3.02. The fourth-order valence-electron chi connectivity index (χ4n) is 1.96. The topological polar surface area (TPSA) is 74.2 Å². The smallest absolute Gasteiger partial charge is 0.267 e. The van der Waals surface area contributed by atoms with Crippen LogP contribution in [0.5, 0.6) is 0 Å². The van der Waals surface area contributed by atoms with Gasteiger partial charge in [0.25, 0.3) is 5.91 Å². The Morgan fingerprint density at radius 1 is 1.56 bits per heavy atom. The molecular formula is C11H18N4O. The van der Waals surface area contributed by atoms with Gasteiger partial charge in [-0.25, -0.2) is 0 Å². The summed E-state index contributed by atoms with van der Waals surface area (Å²) in [4.78, 5) is 16.9. The summed E-state index contributed by atoms with van der Waals surface area (Å²) in [6.07, 6.45) is 3.65. The Balaban J connectivity index is 1.88. The number of rotatable bonds is 2. The third-order valence-corrected chi connectivity index (χ3v) is 3.00. The number of aromatic amines is 1. The van der Waals surface area contributed by atoms with Crippen molar-refractivity contribution in [2.45, 2.75) is 18.9 Å². The highest BCUT2D eigenvalue weighted by atomic mass is 16.1. The molecule has 2 heterocycles. The fourth-order valence-corrected chi connectivity index (χ4v) is 1.96. The van der Waals surface area contributed by atoms with Gasteiger partial charge in [0.2, 0.25) is 0 Å². The fraction of sp³-hybridized carbons (Fsp3) is 0.545. The predicted octanol–water partition coefficient (Wildman–Crippen LogP) is 0.421. The van der Waals surface area contributed by atoms with E-state index in [-0.39, 0.29) is 11.9 Å². The van der Waals surface area contributed by atoms with Gasteiger partial charge in [0.05, 0.1) is 0 Å². The summed E-state index contributed by atoms with van der Waals surface area (Å²) in [7, 11) is 2.10. The molecule has 0 bridgehead atoms. The van der Waals surface area contributed by atoms with Gasteiger partial charge in [-0.1, -0.05) is 0 Å². The number of nitrogens with zero attached hydrogens (tertiary/aromatic N) is 1. The zero-order chi connectivity index (χ0) is 11.5. The van der Waals surface area contributed by atoms with Gasteiger partial charge in [0.1, 0.15) is 5.69 Å². The van der Waals surface area contributed by atoms with E-state index in [1.54, 1.807) is 12.3 Å². The zero-order valence-corrected chi connectivity index (χ0v) is 9.49. The summed E-state index contributed by atoms with van der Waals surface area (Å²) < 4.78 is 0. The lowest BCUT2D eigenvalue weighted by molar-refractivity contribution is 0.0912. The van der Waals surface area contributed by atoms with Gasteiger partial charge in [-0.2, -0.15) is 0 Å².